The molecule has 3 rings (SSSR count). The molecule has 0 unspecified atom stereocenters. The Balaban J connectivity index is 1.43. The van der Waals surface area contributed by atoms with Gasteiger partial charge in [0, 0.05) is 11.4 Å². The van der Waals surface area contributed by atoms with Crippen LogP contribution in [0.25, 0.3) is 10.7 Å². The lowest BCUT2D eigenvalue weighted by Gasteiger charge is -2.16. The van der Waals surface area contributed by atoms with Crippen LogP contribution in [0.5, 0.6) is 5.75 Å². The summed E-state index contributed by atoms with van der Waals surface area (Å²) >= 11 is 7.56. The van der Waals surface area contributed by atoms with Crippen molar-refractivity contribution in [2.75, 3.05) is 32.6 Å². The quantitative estimate of drug-likeness (QED) is 0.564. The first kappa shape index (κ1) is 20.3. The van der Waals surface area contributed by atoms with Gasteiger partial charge in [0.05, 0.1) is 24.2 Å². The van der Waals surface area contributed by atoms with Gasteiger partial charge >= 0.3 is 0 Å². The SMILES string of the molecule is COc1ccc(Cl)cc1NC(=O)CN(C)CCCc1nc(-c2cccs2)no1. The second-order valence-corrected chi connectivity index (χ2v) is 7.61. The normalized spacial score (nSPS) is 11.0. The minimum atomic E-state index is -0.138. The smallest absolute Gasteiger partial charge is 0.238 e. The number of anilines is 1. The van der Waals surface area contributed by atoms with Crippen molar-refractivity contribution in [2.45, 2.75) is 12.8 Å². The Kier molecular flexibility index (Phi) is 7.02. The molecule has 28 heavy (non-hydrogen) atoms. The molecule has 2 aromatic heterocycles. The van der Waals surface area contributed by atoms with Gasteiger partial charge in [-0.1, -0.05) is 22.8 Å². The fourth-order valence-electron chi connectivity index (χ4n) is 2.65. The van der Waals surface area contributed by atoms with E-state index < -0.39 is 0 Å². The molecule has 9 heteroatoms. The number of aryl methyl sites for hydroxylation is 1. The van der Waals surface area contributed by atoms with Crippen molar-refractivity contribution in [2.24, 2.45) is 0 Å². The number of carbonyl (C=O) groups is 1. The third-order valence-electron chi connectivity index (χ3n) is 3.99. The molecule has 1 N–H and O–H groups in total. The summed E-state index contributed by atoms with van der Waals surface area (Å²) in [6.07, 6.45) is 1.46. The maximum absolute atomic E-state index is 12.3. The Morgan fingerprint density at radius 1 is 1.39 bits per heavy atom. The first-order chi connectivity index (χ1) is 13.5. The minimum absolute atomic E-state index is 0.138. The van der Waals surface area contributed by atoms with Crippen molar-refractivity contribution in [1.82, 2.24) is 15.0 Å². The van der Waals surface area contributed by atoms with E-state index in [2.05, 4.69) is 15.5 Å². The zero-order valence-electron chi connectivity index (χ0n) is 15.6. The second-order valence-electron chi connectivity index (χ2n) is 6.22. The lowest BCUT2D eigenvalue weighted by molar-refractivity contribution is -0.117. The van der Waals surface area contributed by atoms with Crippen LogP contribution in [-0.2, 0) is 11.2 Å². The molecule has 0 bridgehead atoms. The molecular weight excluding hydrogens is 400 g/mol. The number of likely N-dealkylation sites (N-methyl/N-ethyl adjacent to an activating group) is 1. The van der Waals surface area contributed by atoms with Crippen molar-refractivity contribution in [1.29, 1.82) is 0 Å². The third-order valence-corrected chi connectivity index (χ3v) is 5.09. The van der Waals surface area contributed by atoms with Crippen molar-refractivity contribution >= 4 is 34.5 Å². The third kappa shape index (κ3) is 5.54. The van der Waals surface area contributed by atoms with E-state index in [1.807, 2.05) is 29.5 Å². The maximum Gasteiger partial charge on any atom is 0.238 e. The number of amides is 1. The highest BCUT2D eigenvalue weighted by Gasteiger charge is 2.12. The predicted octanol–water partition coefficient (Wildman–Crippen LogP) is 3.96. The molecule has 1 amide bonds. The van der Waals surface area contributed by atoms with Gasteiger partial charge in [0.2, 0.25) is 17.6 Å². The number of ether oxygens (including phenoxy) is 1. The average molecular weight is 421 g/mol. The molecule has 0 aliphatic rings. The van der Waals surface area contributed by atoms with Crippen LogP contribution in [0.1, 0.15) is 12.3 Å². The Morgan fingerprint density at radius 3 is 3.00 bits per heavy atom. The lowest BCUT2D eigenvalue weighted by Crippen LogP contribution is -2.31. The van der Waals surface area contributed by atoms with E-state index in [0.29, 0.717) is 34.6 Å². The Hall–Kier alpha value is -2.42. The molecule has 7 nitrogen and oxygen atoms in total. The number of thiophene rings is 1. The summed E-state index contributed by atoms with van der Waals surface area (Å²) in [7, 11) is 3.44. The number of methoxy groups -OCH3 is 1. The summed E-state index contributed by atoms with van der Waals surface area (Å²) in [6.45, 7) is 0.969. The first-order valence-electron chi connectivity index (χ1n) is 8.73. The highest BCUT2D eigenvalue weighted by Crippen LogP contribution is 2.27. The Morgan fingerprint density at radius 2 is 2.25 bits per heavy atom. The monoisotopic (exact) mass is 420 g/mol. The largest absolute Gasteiger partial charge is 0.495 e. The van der Waals surface area contributed by atoms with Gasteiger partial charge in [-0.15, -0.1) is 11.3 Å². The molecule has 1 aromatic carbocycles. The number of aromatic nitrogens is 2. The number of halogens is 1. The van der Waals surface area contributed by atoms with E-state index in [0.717, 1.165) is 17.8 Å². The molecule has 0 aliphatic carbocycles. The second kappa shape index (κ2) is 9.68. The Labute approximate surface area is 172 Å². The van der Waals surface area contributed by atoms with Crippen molar-refractivity contribution in [3.05, 3.63) is 46.6 Å². The minimum Gasteiger partial charge on any atom is -0.495 e. The molecule has 2 heterocycles. The van der Waals surface area contributed by atoms with E-state index in [9.17, 15) is 4.79 Å². The summed E-state index contributed by atoms with van der Waals surface area (Å²) in [4.78, 5) is 19.6. The molecule has 0 radical (unpaired) electrons. The maximum atomic E-state index is 12.3. The molecule has 0 spiro atoms. The molecule has 0 saturated carbocycles. The van der Waals surface area contributed by atoms with Crippen LogP contribution in [0.2, 0.25) is 5.02 Å². The van der Waals surface area contributed by atoms with Crippen molar-refractivity contribution in [3.63, 3.8) is 0 Å². The zero-order valence-corrected chi connectivity index (χ0v) is 17.2. The highest BCUT2D eigenvalue weighted by molar-refractivity contribution is 7.13. The molecule has 3 aromatic rings. The van der Waals surface area contributed by atoms with Gasteiger partial charge in [-0.2, -0.15) is 4.98 Å². The Bertz CT molecular complexity index is 914. The van der Waals surface area contributed by atoms with Gasteiger partial charge in [0.25, 0.3) is 0 Å². The molecule has 148 valence electrons. The molecule has 0 atom stereocenters. The summed E-state index contributed by atoms with van der Waals surface area (Å²) in [5.41, 5.74) is 0.556. The number of nitrogens with one attached hydrogen (secondary N) is 1. The fourth-order valence-corrected chi connectivity index (χ4v) is 3.48. The molecule has 0 saturated heterocycles. The standard InChI is InChI=1S/C19H21ClN4O3S/c1-24(12-17(25)21-14-11-13(20)7-8-15(14)26-2)9-3-6-18-22-19(23-27-18)16-5-4-10-28-16/h4-5,7-8,10-11H,3,6,9,12H2,1-2H3,(H,21,25). The van der Waals surface area contributed by atoms with E-state index in [-0.39, 0.29) is 12.5 Å². The molecule has 0 aliphatic heterocycles. The molecule has 0 fully saturated rings. The highest BCUT2D eigenvalue weighted by atomic mass is 35.5. The van der Waals surface area contributed by atoms with E-state index >= 15 is 0 Å². The first-order valence-corrected chi connectivity index (χ1v) is 9.99. The van der Waals surface area contributed by atoms with Crippen molar-refractivity contribution in [3.8, 4) is 16.5 Å². The summed E-state index contributed by atoms with van der Waals surface area (Å²) < 4.78 is 10.5. The van der Waals surface area contributed by atoms with Gasteiger partial charge in [-0.25, -0.2) is 0 Å². The van der Waals surface area contributed by atoms with Gasteiger partial charge in [-0.3, -0.25) is 9.69 Å². The van der Waals surface area contributed by atoms with Gasteiger partial charge in [0.15, 0.2) is 0 Å². The van der Waals surface area contributed by atoms with Gasteiger partial charge in [0.1, 0.15) is 5.75 Å². The average Bonchev–Trinajstić information content (AvgIpc) is 3.33. The van der Waals surface area contributed by atoms with E-state index in [1.165, 1.54) is 0 Å². The topological polar surface area (TPSA) is 80.5 Å². The van der Waals surface area contributed by atoms with Crippen LogP contribution in [0.3, 0.4) is 0 Å². The summed E-state index contributed by atoms with van der Waals surface area (Å²) in [6, 6.07) is 9.01. The number of benzene rings is 1. The van der Waals surface area contributed by atoms with Gasteiger partial charge < -0.3 is 14.6 Å². The molecular formula is C19H21ClN4O3S. The van der Waals surface area contributed by atoms with Crippen LogP contribution in [0.4, 0.5) is 5.69 Å². The predicted molar refractivity (Wildman–Crippen MR) is 110 cm³/mol. The number of rotatable bonds is 9. The summed E-state index contributed by atoms with van der Waals surface area (Å²) in [5, 5.41) is 9.34. The van der Waals surface area contributed by atoms with Crippen LogP contribution in [0, 0.1) is 0 Å². The van der Waals surface area contributed by atoms with E-state index in [4.69, 9.17) is 20.9 Å². The van der Waals surface area contributed by atoms with Crippen LogP contribution < -0.4 is 10.1 Å². The summed E-state index contributed by atoms with van der Waals surface area (Å²) in [5.74, 6) is 1.65. The van der Waals surface area contributed by atoms with E-state index in [1.54, 1.807) is 36.6 Å². The number of nitrogens with zero attached hydrogens (tertiary/aromatic N) is 3. The van der Waals surface area contributed by atoms with Crippen LogP contribution in [0.15, 0.2) is 40.2 Å². The van der Waals surface area contributed by atoms with Gasteiger partial charge in [-0.05, 0) is 49.7 Å². The number of hydrogen-bond acceptors (Lipinski definition) is 7. The lowest BCUT2D eigenvalue weighted by atomic mass is 10.2. The van der Waals surface area contributed by atoms with Crippen LogP contribution >= 0.6 is 22.9 Å². The zero-order chi connectivity index (χ0) is 19.9. The van der Waals surface area contributed by atoms with Crippen LogP contribution in [-0.4, -0.2) is 48.2 Å². The number of carbonyl (C=O) groups excluding carboxylic acids is 1. The number of hydrogen-bond donors (Lipinski definition) is 1. The fraction of sp³-hybridized carbons (Fsp3) is 0.316. The van der Waals surface area contributed by atoms with Crippen molar-refractivity contribution < 1.29 is 14.1 Å².